The second kappa shape index (κ2) is 8.97. The first-order valence-electron chi connectivity index (χ1n) is 8.51. The molecule has 3 rings (SSSR count). The number of aromatic amines is 1. The molecular formula is C18H22N6O3. The van der Waals surface area contributed by atoms with Gasteiger partial charge in [0.15, 0.2) is 5.82 Å². The number of fused-ring (bicyclic) bond motifs is 1. The Morgan fingerprint density at radius 2 is 2.15 bits per heavy atom. The van der Waals surface area contributed by atoms with Crippen LogP contribution in [0.1, 0.15) is 11.6 Å². The van der Waals surface area contributed by atoms with Crippen LogP contribution >= 0.6 is 0 Å². The molecule has 2 heterocycles. The maximum atomic E-state index is 12.4. The Labute approximate surface area is 156 Å². The van der Waals surface area contributed by atoms with Crippen molar-refractivity contribution in [3.05, 3.63) is 48.2 Å². The average molecular weight is 370 g/mol. The number of carbonyl (C=O) groups is 1. The third kappa shape index (κ3) is 4.72. The Morgan fingerprint density at radius 3 is 2.89 bits per heavy atom. The molecule has 27 heavy (non-hydrogen) atoms. The lowest BCUT2D eigenvalue weighted by molar-refractivity contribution is 0.168. The van der Waals surface area contributed by atoms with Gasteiger partial charge in [-0.3, -0.25) is 10.4 Å². The zero-order valence-corrected chi connectivity index (χ0v) is 14.9. The van der Waals surface area contributed by atoms with Crippen molar-refractivity contribution in [1.29, 1.82) is 0 Å². The molecule has 142 valence electrons. The van der Waals surface area contributed by atoms with Crippen molar-refractivity contribution in [3.63, 3.8) is 0 Å². The first-order chi connectivity index (χ1) is 13.2. The number of urea groups is 1. The van der Waals surface area contributed by atoms with Gasteiger partial charge in [-0.15, -0.1) is 0 Å². The molecule has 0 fully saturated rings. The van der Waals surface area contributed by atoms with Gasteiger partial charge in [-0.2, -0.15) is 5.10 Å². The van der Waals surface area contributed by atoms with E-state index in [0.29, 0.717) is 24.8 Å². The molecular weight excluding hydrogens is 348 g/mol. The smallest absolute Gasteiger partial charge is 0.320 e. The van der Waals surface area contributed by atoms with Crippen LogP contribution < -0.4 is 16.0 Å². The van der Waals surface area contributed by atoms with Crippen LogP contribution in [0.2, 0.25) is 0 Å². The zero-order chi connectivity index (χ0) is 19.1. The Morgan fingerprint density at radius 1 is 1.33 bits per heavy atom. The summed E-state index contributed by atoms with van der Waals surface area (Å²) in [7, 11) is 1.59. The molecule has 0 spiro atoms. The molecule has 0 unspecified atom stereocenters. The van der Waals surface area contributed by atoms with Crippen molar-refractivity contribution in [2.45, 2.75) is 6.04 Å². The summed E-state index contributed by atoms with van der Waals surface area (Å²) < 4.78 is 5.21. The lowest BCUT2D eigenvalue weighted by Gasteiger charge is -2.18. The summed E-state index contributed by atoms with van der Waals surface area (Å²) in [5, 5.41) is 25.3. The molecule has 0 aliphatic rings. The lowest BCUT2D eigenvalue weighted by atomic mass is 10.1. The van der Waals surface area contributed by atoms with Crippen LogP contribution in [0.25, 0.3) is 10.9 Å². The van der Waals surface area contributed by atoms with Crippen molar-refractivity contribution >= 4 is 28.6 Å². The number of pyridine rings is 1. The number of benzene rings is 1. The maximum absolute atomic E-state index is 12.4. The monoisotopic (exact) mass is 370 g/mol. The van der Waals surface area contributed by atoms with E-state index >= 15 is 0 Å². The number of nitrogens with one attached hydrogen (secondary N) is 4. The SMILES string of the molecule is COC[C@@H](NC(=O)Nc1cc2[nH]nc(NCCO)c2cn1)c1ccccc1. The van der Waals surface area contributed by atoms with E-state index in [0.717, 1.165) is 16.5 Å². The molecule has 9 heteroatoms. The fourth-order valence-electron chi connectivity index (χ4n) is 2.67. The fraction of sp³-hybridized carbons (Fsp3) is 0.278. The number of rotatable bonds is 8. The summed E-state index contributed by atoms with van der Waals surface area (Å²) in [6.07, 6.45) is 1.61. The number of amides is 2. The summed E-state index contributed by atoms with van der Waals surface area (Å²) in [6.45, 7) is 0.749. The molecule has 0 aliphatic carbocycles. The minimum absolute atomic E-state index is 0.00560. The first kappa shape index (κ1) is 18.6. The van der Waals surface area contributed by atoms with Crippen LogP contribution in [0.4, 0.5) is 16.4 Å². The number of hydrogen-bond donors (Lipinski definition) is 5. The molecule has 0 saturated carbocycles. The van der Waals surface area contributed by atoms with Crippen molar-refractivity contribution in [1.82, 2.24) is 20.5 Å². The third-order valence-corrected chi connectivity index (χ3v) is 3.93. The topological polar surface area (TPSA) is 124 Å². The van der Waals surface area contributed by atoms with Gasteiger partial charge in [0.2, 0.25) is 0 Å². The third-order valence-electron chi connectivity index (χ3n) is 3.93. The molecule has 1 atom stereocenters. The van der Waals surface area contributed by atoms with Gasteiger partial charge in [-0.05, 0) is 5.56 Å². The predicted molar refractivity (Wildman–Crippen MR) is 103 cm³/mol. The van der Waals surface area contributed by atoms with Gasteiger partial charge in [-0.25, -0.2) is 9.78 Å². The van der Waals surface area contributed by atoms with Gasteiger partial charge in [0.1, 0.15) is 5.82 Å². The summed E-state index contributed by atoms with van der Waals surface area (Å²) in [4.78, 5) is 16.6. The highest BCUT2D eigenvalue weighted by atomic mass is 16.5. The van der Waals surface area contributed by atoms with Gasteiger partial charge in [0, 0.05) is 25.9 Å². The van der Waals surface area contributed by atoms with Crippen LogP contribution in [-0.2, 0) is 4.74 Å². The number of ether oxygens (including phenoxy) is 1. The van der Waals surface area contributed by atoms with E-state index in [1.807, 2.05) is 30.3 Å². The van der Waals surface area contributed by atoms with Crippen LogP contribution in [0.3, 0.4) is 0 Å². The molecule has 1 aromatic carbocycles. The number of aliphatic hydroxyl groups excluding tert-OH is 1. The van der Waals surface area contributed by atoms with Crippen molar-refractivity contribution in [2.75, 3.05) is 37.5 Å². The van der Waals surface area contributed by atoms with Crippen molar-refractivity contribution in [2.24, 2.45) is 0 Å². The lowest BCUT2D eigenvalue weighted by Crippen LogP contribution is -2.35. The maximum Gasteiger partial charge on any atom is 0.320 e. The normalized spacial score (nSPS) is 11.9. The van der Waals surface area contributed by atoms with Crippen LogP contribution in [0, 0.1) is 0 Å². The summed E-state index contributed by atoms with van der Waals surface area (Å²) in [5.41, 5.74) is 1.67. The number of carbonyl (C=O) groups excluding carboxylic acids is 1. The molecule has 0 bridgehead atoms. The van der Waals surface area contributed by atoms with E-state index < -0.39 is 0 Å². The average Bonchev–Trinajstić information content (AvgIpc) is 3.09. The Bertz CT molecular complexity index is 883. The highest BCUT2D eigenvalue weighted by Crippen LogP contribution is 2.21. The van der Waals surface area contributed by atoms with E-state index in [1.54, 1.807) is 19.4 Å². The van der Waals surface area contributed by atoms with Crippen LogP contribution in [0.5, 0.6) is 0 Å². The highest BCUT2D eigenvalue weighted by Gasteiger charge is 2.15. The number of aromatic nitrogens is 3. The summed E-state index contributed by atoms with van der Waals surface area (Å²) >= 11 is 0. The molecule has 2 aromatic heterocycles. The highest BCUT2D eigenvalue weighted by molar-refractivity contribution is 5.94. The van der Waals surface area contributed by atoms with Gasteiger partial charge < -0.3 is 20.5 Å². The minimum atomic E-state index is -0.383. The number of methoxy groups -OCH3 is 1. The molecule has 0 saturated heterocycles. The Hall–Kier alpha value is -3.17. The minimum Gasteiger partial charge on any atom is -0.395 e. The first-order valence-corrected chi connectivity index (χ1v) is 8.51. The second-order valence-electron chi connectivity index (χ2n) is 5.85. The molecule has 2 amide bonds. The van der Waals surface area contributed by atoms with E-state index in [-0.39, 0.29) is 18.7 Å². The molecule has 0 radical (unpaired) electrons. The fourth-order valence-corrected chi connectivity index (χ4v) is 2.67. The van der Waals surface area contributed by atoms with E-state index in [1.165, 1.54) is 0 Å². The number of nitrogens with zero attached hydrogens (tertiary/aromatic N) is 2. The van der Waals surface area contributed by atoms with Crippen LogP contribution in [0.15, 0.2) is 42.6 Å². The number of anilines is 2. The zero-order valence-electron chi connectivity index (χ0n) is 14.9. The second-order valence-corrected chi connectivity index (χ2v) is 5.85. The largest absolute Gasteiger partial charge is 0.395 e. The standard InChI is InChI=1S/C18H22N6O3/c1-27-11-15(12-5-3-2-4-6-12)21-18(26)22-16-9-14-13(10-20-16)17(24-23-14)19-7-8-25/h2-6,9-10,15,25H,7-8,11H2,1H3,(H2,19,23,24)(H2,20,21,22,26)/t15-/m1/s1. The molecule has 5 N–H and O–H groups in total. The number of aliphatic hydroxyl groups is 1. The van der Waals surface area contributed by atoms with Gasteiger partial charge in [-0.1, -0.05) is 30.3 Å². The van der Waals surface area contributed by atoms with E-state index in [4.69, 9.17) is 9.84 Å². The molecule has 0 aliphatic heterocycles. The Balaban J connectivity index is 1.67. The molecule has 9 nitrogen and oxygen atoms in total. The number of H-pyrrole nitrogens is 1. The predicted octanol–water partition coefficient (Wildman–Crippen LogP) is 1.87. The van der Waals surface area contributed by atoms with Crippen LogP contribution in [-0.4, -0.2) is 53.2 Å². The van der Waals surface area contributed by atoms with Gasteiger partial charge in [0.25, 0.3) is 0 Å². The van der Waals surface area contributed by atoms with Crippen molar-refractivity contribution in [3.8, 4) is 0 Å². The van der Waals surface area contributed by atoms with E-state index in [9.17, 15) is 4.79 Å². The summed E-state index contributed by atoms with van der Waals surface area (Å²) in [5.74, 6) is 0.994. The van der Waals surface area contributed by atoms with Gasteiger partial charge in [0.05, 0.1) is 30.2 Å². The quantitative estimate of drug-likeness (QED) is 0.412. The number of hydrogen-bond acceptors (Lipinski definition) is 6. The molecule has 3 aromatic rings. The Kier molecular flexibility index (Phi) is 6.18. The van der Waals surface area contributed by atoms with Gasteiger partial charge >= 0.3 is 6.03 Å². The summed E-state index contributed by atoms with van der Waals surface area (Å²) in [6, 6.07) is 10.6. The van der Waals surface area contributed by atoms with Crippen molar-refractivity contribution < 1.29 is 14.6 Å². The van der Waals surface area contributed by atoms with E-state index in [2.05, 4.69) is 31.1 Å².